The molecule has 3 aromatic rings. The van der Waals surface area contributed by atoms with E-state index >= 15 is 0 Å². The van der Waals surface area contributed by atoms with Crippen molar-refractivity contribution in [3.8, 4) is 17.6 Å². The molecule has 0 saturated heterocycles. The molecule has 0 radical (unpaired) electrons. The number of fused-ring (bicyclic) bond motifs is 1. The molecule has 1 N–H and O–H groups in total. The number of nitrogens with one attached hydrogen (secondary N) is 1. The Hall–Kier alpha value is -3.87. The van der Waals surface area contributed by atoms with Crippen LogP contribution >= 0.6 is 0 Å². The molecule has 2 aromatic heterocycles. The molecule has 0 atom stereocenters. The van der Waals surface area contributed by atoms with Crippen LogP contribution in [-0.2, 0) is 0 Å². The van der Waals surface area contributed by atoms with Gasteiger partial charge in [-0.15, -0.1) is 0 Å². The Morgan fingerprint density at radius 1 is 1.18 bits per heavy atom. The van der Waals surface area contributed by atoms with Crippen LogP contribution in [0.4, 0.5) is 9.18 Å². The third-order valence-corrected chi connectivity index (χ3v) is 5.91. The van der Waals surface area contributed by atoms with E-state index in [1.807, 2.05) is 13.8 Å². The molecule has 34 heavy (non-hydrogen) atoms. The fourth-order valence-corrected chi connectivity index (χ4v) is 3.81. The second kappa shape index (κ2) is 8.48. The Bertz CT molecular complexity index is 1430. The lowest BCUT2D eigenvalue weighted by Gasteiger charge is -2.23. The zero-order valence-corrected chi connectivity index (χ0v) is 18.9. The highest BCUT2D eigenvalue weighted by Crippen LogP contribution is 2.36. The molecule has 2 fully saturated rings. The number of nitrogens with zero attached hydrogens (tertiary/aromatic N) is 4. The van der Waals surface area contributed by atoms with Gasteiger partial charge in [-0.2, -0.15) is 0 Å². The molecule has 176 valence electrons. The molecule has 2 saturated carbocycles. The summed E-state index contributed by atoms with van der Waals surface area (Å²) in [6.07, 6.45) is 2.79. The van der Waals surface area contributed by atoms with Crippen LogP contribution in [0.5, 0.6) is 5.75 Å². The van der Waals surface area contributed by atoms with Gasteiger partial charge < -0.3 is 9.72 Å². The molecule has 0 spiro atoms. The van der Waals surface area contributed by atoms with Crippen molar-refractivity contribution in [3.05, 3.63) is 56.7 Å². The maximum absolute atomic E-state index is 13.1. The lowest BCUT2D eigenvalue weighted by molar-refractivity contribution is 0.146. The Balaban J connectivity index is 1.40. The van der Waals surface area contributed by atoms with Crippen LogP contribution in [0.1, 0.15) is 57.4 Å². The normalized spacial score (nSPS) is 15.3. The molecular weight excluding hydrogens is 441 g/mol. The highest BCUT2D eigenvalue weighted by atomic mass is 19.1. The van der Waals surface area contributed by atoms with Crippen LogP contribution in [0.15, 0.2) is 33.9 Å². The zero-order chi connectivity index (χ0) is 24.0. The molecule has 2 aliphatic carbocycles. The minimum absolute atomic E-state index is 0.0426. The molecule has 5 rings (SSSR count). The summed E-state index contributed by atoms with van der Waals surface area (Å²) in [5.74, 6) is 5.82. The van der Waals surface area contributed by atoms with Gasteiger partial charge in [-0.05, 0) is 69.7 Å². The molecular formula is C24H24FN5O4. The van der Waals surface area contributed by atoms with E-state index in [9.17, 15) is 18.8 Å². The van der Waals surface area contributed by atoms with Crippen molar-refractivity contribution < 1.29 is 13.9 Å². The van der Waals surface area contributed by atoms with Gasteiger partial charge in [0.2, 0.25) is 0 Å². The summed E-state index contributed by atoms with van der Waals surface area (Å²) in [4.78, 5) is 47.3. The molecule has 2 heterocycles. The zero-order valence-electron chi connectivity index (χ0n) is 18.9. The van der Waals surface area contributed by atoms with Gasteiger partial charge in [-0.3, -0.25) is 18.8 Å². The quantitative estimate of drug-likeness (QED) is 0.584. The summed E-state index contributed by atoms with van der Waals surface area (Å²) < 4.78 is 21.3. The first-order valence-electron chi connectivity index (χ1n) is 11.3. The van der Waals surface area contributed by atoms with Crippen LogP contribution in [0.2, 0.25) is 0 Å². The highest BCUT2D eigenvalue weighted by molar-refractivity contribution is 5.72. The van der Waals surface area contributed by atoms with E-state index < -0.39 is 11.9 Å². The van der Waals surface area contributed by atoms with Crippen LogP contribution in [0.25, 0.3) is 11.2 Å². The largest absolute Gasteiger partial charge is 0.416 e. The second-order valence-corrected chi connectivity index (χ2v) is 8.92. The van der Waals surface area contributed by atoms with E-state index in [0.29, 0.717) is 5.65 Å². The number of amides is 1. The Labute approximate surface area is 194 Å². The van der Waals surface area contributed by atoms with Gasteiger partial charge >= 0.3 is 11.8 Å². The van der Waals surface area contributed by atoms with Crippen molar-refractivity contribution in [1.82, 2.24) is 24.0 Å². The van der Waals surface area contributed by atoms with Crippen LogP contribution < -0.4 is 16.0 Å². The molecule has 0 aliphatic heterocycles. The summed E-state index contributed by atoms with van der Waals surface area (Å²) >= 11 is 0. The molecule has 1 aromatic carbocycles. The maximum atomic E-state index is 13.1. The molecule has 0 unspecified atom stereocenters. The Morgan fingerprint density at radius 3 is 2.44 bits per heavy atom. The minimum atomic E-state index is -0.615. The van der Waals surface area contributed by atoms with E-state index in [1.54, 1.807) is 4.57 Å². The van der Waals surface area contributed by atoms with Crippen LogP contribution in [0.3, 0.4) is 0 Å². The molecule has 0 bridgehead atoms. The third-order valence-electron chi connectivity index (χ3n) is 5.91. The summed E-state index contributed by atoms with van der Waals surface area (Å²) in [7, 11) is 0. The van der Waals surface area contributed by atoms with Gasteiger partial charge in [-0.25, -0.2) is 19.0 Å². The number of benzene rings is 1. The number of carbonyl (C=O) groups excluding carboxylic acids is 1. The minimum Gasteiger partial charge on any atom is -0.410 e. The Kier molecular flexibility index (Phi) is 5.48. The van der Waals surface area contributed by atoms with E-state index in [1.165, 1.54) is 33.7 Å². The number of rotatable bonds is 5. The maximum Gasteiger partial charge on any atom is 0.416 e. The van der Waals surface area contributed by atoms with E-state index in [0.717, 1.165) is 25.7 Å². The van der Waals surface area contributed by atoms with Crippen LogP contribution in [-0.4, -0.2) is 42.7 Å². The fraction of sp³-hybridized carbons (Fsp3) is 0.417. The number of carbonyl (C=O) groups is 1. The van der Waals surface area contributed by atoms with Crippen molar-refractivity contribution in [3.63, 3.8) is 0 Å². The Morgan fingerprint density at radius 2 is 1.82 bits per heavy atom. The number of halogens is 1. The highest BCUT2D eigenvalue weighted by Gasteiger charge is 2.34. The summed E-state index contributed by atoms with van der Waals surface area (Å²) in [6.45, 7) is 3.70. The number of H-pyrrole nitrogens is 1. The first-order chi connectivity index (χ1) is 16.3. The molecule has 2 aliphatic rings. The third kappa shape index (κ3) is 4.21. The van der Waals surface area contributed by atoms with Crippen molar-refractivity contribution >= 4 is 17.3 Å². The predicted molar refractivity (Wildman–Crippen MR) is 122 cm³/mol. The second-order valence-electron chi connectivity index (χ2n) is 8.92. The van der Waals surface area contributed by atoms with Crippen molar-refractivity contribution in [2.75, 3.05) is 6.54 Å². The lowest BCUT2D eigenvalue weighted by Crippen LogP contribution is -2.39. The predicted octanol–water partition coefficient (Wildman–Crippen LogP) is 2.96. The standard InChI is InChI=1S/C24H24FN5O4/c1-14(2)28(24(33)34-18-11-5-15(25)6-12-18)13-3-4-19-26-20-21(27-19)29(16-7-8-16)23(32)30(22(20)31)17-9-10-17/h5-6,11-12,14,16-17H,7-10,13H2,1-2H3,(H,26,27). The fourth-order valence-electron chi connectivity index (χ4n) is 3.81. The van der Waals surface area contributed by atoms with Gasteiger partial charge in [0.05, 0.1) is 6.54 Å². The SMILES string of the molecule is CC(C)N(CC#Cc1nc2c([nH]1)c(=O)n(C1CC1)c(=O)n2C1CC1)C(=O)Oc1ccc(F)cc1. The number of hydrogen-bond acceptors (Lipinski definition) is 5. The molecule has 1 amide bonds. The molecule has 9 nitrogen and oxygen atoms in total. The molecule has 10 heteroatoms. The number of aromatic nitrogens is 4. The first kappa shape index (κ1) is 21.9. The topological polar surface area (TPSA) is 102 Å². The van der Waals surface area contributed by atoms with Gasteiger partial charge in [-0.1, -0.05) is 5.92 Å². The van der Waals surface area contributed by atoms with Crippen molar-refractivity contribution in [1.29, 1.82) is 0 Å². The monoisotopic (exact) mass is 465 g/mol. The number of imidazole rings is 1. The first-order valence-corrected chi connectivity index (χ1v) is 11.3. The van der Waals surface area contributed by atoms with Gasteiger partial charge in [0.25, 0.3) is 5.56 Å². The van der Waals surface area contributed by atoms with Crippen LogP contribution in [0, 0.1) is 17.7 Å². The van der Waals surface area contributed by atoms with Gasteiger partial charge in [0, 0.05) is 18.1 Å². The van der Waals surface area contributed by atoms with Gasteiger partial charge in [0.1, 0.15) is 11.6 Å². The average molecular weight is 465 g/mol. The summed E-state index contributed by atoms with van der Waals surface area (Å²) in [5, 5.41) is 0. The average Bonchev–Trinajstić information content (AvgIpc) is 3.72. The smallest absolute Gasteiger partial charge is 0.410 e. The number of hydrogen-bond donors (Lipinski definition) is 1. The van der Waals surface area contributed by atoms with Crippen molar-refractivity contribution in [2.24, 2.45) is 0 Å². The number of aromatic amines is 1. The van der Waals surface area contributed by atoms with E-state index in [4.69, 9.17) is 4.74 Å². The summed E-state index contributed by atoms with van der Waals surface area (Å²) in [6, 6.07) is 4.98. The lowest BCUT2D eigenvalue weighted by atomic mass is 10.3. The van der Waals surface area contributed by atoms with E-state index in [-0.39, 0.29) is 53.0 Å². The number of ether oxygens (including phenoxy) is 1. The summed E-state index contributed by atoms with van der Waals surface area (Å²) in [5.41, 5.74) is -0.0658. The van der Waals surface area contributed by atoms with E-state index in [2.05, 4.69) is 21.8 Å². The van der Waals surface area contributed by atoms with Crippen molar-refractivity contribution in [2.45, 2.75) is 57.7 Å². The van der Waals surface area contributed by atoms with Gasteiger partial charge in [0.15, 0.2) is 17.0 Å².